The van der Waals surface area contributed by atoms with E-state index in [1.165, 1.54) is 27.2 Å². The van der Waals surface area contributed by atoms with Gasteiger partial charge in [-0.3, -0.25) is 14.4 Å². The summed E-state index contributed by atoms with van der Waals surface area (Å²) >= 11 is 0. The molecule has 0 aromatic heterocycles. The predicted octanol–water partition coefficient (Wildman–Crippen LogP) is 0.832. The van der Waals surface area contributed by atoms with Gasteiger partial charge in [0.1, 0.15) is 5.92 Å². The first-order chi connectivity index (χ1) is 7.42. The molecule has 16 heavy (non-hydrogen) atoms. The SMILES string of the molecule is COC(=O)C[C](C(=O)OC)C(C)=CC(C)=O. The summed E-state index contributed by atoms with van der Waals surface area (Å²) in [5.41, 5.74) is 0.407. The first kappa shape index (κ1) is 14.3. The van der Waals surface area contributed by atoms with Crippen LogP contribution in [0.5, 0.6) is 0 Å². The molecule has 0 rings (SSSR count). The van der Waals surface area contributed by atoms with Gasteiger partial charge >= 0.3 is 11.9 Å². The summed E-state index contributed by atoms with van der Waals surface area (Å²) in [6.45, 7) is 2.92. The fourth-order valence-electron chi connectivity index (χ4n) is 1.10. The molecule has 0 saturated heterocycles. The fourth-order valence-corrected chi connectivity index (χ4v) is 1.10. The molecular formula is C11H15O5. The molecule has 0 heterocycles. The molecule has 0 aromatic carbocycles. The van der Waals surface area contributed by atoms with E-state index in [-0.39, 0.29) is 18.1 Å². The molecule has 0 amide bonds. The molecule has 5 nitrogen and oxygen atoms in total. The summed E-state index contributed by atoms with van der Waals surface area (Å²) < 4.78 is 8.98. The van der Waals surface area contributed by atoms with E-state index in [4.69, 9.17) is 0 Å². The maximum absolute atomic E-state index is 11.4. The van der Waals surface area contributed by atoms with Gasteiger partial charge in [-0.15, -0.1) is 0 Å². The standard InChI is InChI=1S/C11H15O5/c1-7(5-8(2)12)9(11(14)16-4)6-10(13)15-3/h5H,6H2,1-4H3. The highest BCUT2D eigenvalue weighted by Gasteiger charge is 2.26. The van der Waals surface area contributed by atoms with Crippen LogP contribution >= 0.6 is 0 Å². The second-order valence-electron chi connectivity index (χ2n) is 3.16. The van der Waals surface area contributed by atoms with Crippen LogP contribution in [0.25, 0.3) is 0 Å². The zero-order valence-corrected chi connectivity index (χ0v) is 9.83. The molecule has 0 spiro atoms. The lowest BCUT2D eigenvalue weighted by Gasteiger charge is -2.12. The van der Waals surface area contributed by atoms with Gasteiger partial charge in [-0.2, -0.15) is 0 Å². The Balaban J connectivity index is 4.87. The van der Waals surface area contributed by atoms with Gasteiger partial charge in [0.05, 0.1) is 20.6 Å². The van der Waals surface area contributed by atoms with Crippen molar-refractivity contribution in [1.29, 1.82) is 0 Å². The van der Waals surface area contributed by atoms with Gasteiger partial charge < -0.3 is 9.47 Å². The van der Waals surface area contributed by atoms with E-state index in [2.05, 4.69) is 9.47 Å². The van der Waals surface area contributed by atoms with Crippen LogP contribution in [-0.4, -0.2) is 31.9 Å². The quantitative estimate of drug-likeness (QED) is 0.514. The zero-order chi connectivity index (χ0) is 12.7. The van der Waals surface area contributed by atoms with E-state index in [0.717, 1.165) is 0 Å². The third-order valence-electron chi connectivity index (χ3n) is 1.88. The number of rotatable bonds is 5. The van der Waals surface area contributed by atoms with Crippen molar-refractivity contribution in [2.75, 3.05) is 14.2 Å². The van der Waals surface area contributed by atoms with E-state index in [1.54, 1.807) is 6.92 Å². The van der Waals surface area contributed by atoms with Gasteiger partial charge in [-0.1, -0.05) is 5.57 Å². The molecule has 5 heteroatoms. The predicted molar refractivity (Wildman–Crippen MR) is 56.3 cm³/mol. The van der Waals surface area contributed by atoms with E-state index in [9.17, 15) is 14.4 Å². The lowest BCUT2D eigenvalue weighted by Crippen LogP contribution is -2.20. The minimum atomic E-state index is -0.639. The molecular weight excluding hydrogens is 212 g/mol. The number of hydrogen-bond donors (Lipinski definition) is 0. The molecule has 89 valence electrons. The molecule has 0 N–H and O–H groups in total. The third-order valence-corrected chi connectivity index (χ3v) is 1.88. The van der Waals surface area contributed by atoms with Crippen LogP contribution in [0, 0.1) is 5.92 Å². The third kappa shape index (κ3) is 4.72. The monoisotopic (exact) mass is 227 g/mol. The highest BCUT2D eigenvalue weighted by Crippen LogP contribution is 2.19. The minimum absolute atomic E-state index is 0.129. The van der Waals surface area contributed by atoms with Crippen LogP contribution in [0.2, 0.25) is 0 Å². The number of ketones is 1. The van der Waals surface area contributed by atoms with Crippen molar-refractivity contribution in [2.45, 2.75) is 20.3 Å². The van der Waals surface area contributed by atoms with Gasteiger partial charge in [0, 0.05) is 0 Å². The van der Waals surface area contributed by atoms with E-state index >= 15 is 0 Å². The maximum atomic E-state index is 11.4. The van der Waals surface area contributed by atoms with Crippen molar-refractivity contribution >= 4 is 17.7 Å². The van der Waals surface area contributed by atoms with Gasteiger partial charge in [0.2, 0.25) is 0 Å². The molecule has 1 radical (unpaired) electrons. The molecule has 0 fully saturated rings. The number of hydrogen-bond acceptors (Lipinski definition) is 5. The van der Waals surface area contributed by atoms with E-state index in [1.807, 2.05) is 0 Å². The topological polar surface area (TPSA) is 69.7 Å². The van der Waals surface area contributed by atoms with Gasteiger partial charge in [-0.05, 0) is 19.9 Å². The van der Waals surface area contributed by atoms with Crippen molar-refractivity contribution < 1.29 is 23.9 Å². The molecule has 0 aliphatic heterocycles. The first-order valence-corrected chi connectivity index (χ1v) is 4.62. The summed E-state index contributed by atoms with van der Waals surface area (Å²) in [7, 11) is 2.43. The Hall–Kier alpha value is -1.65. The van der Waals surface area contributed by atoms with Crippen LogP contribution < -0.4 is 0 Å². The summed E-state index contributed by atoms with van der Waals surface area (Å²) in [6.07, 6.45) is 1.06. The number of carbonyl (C=O) groups excluding carboxylic acids is 3. The molecule has 0 saturated carbocycles. The first-order valence-electron chi connectivity index (χ1n) is 4.62. The average Bonchev–Trinajstić information content (AvgIpc) is 2.23. The number of ether oxygens (including phenoxy) is 2. The van der Waals surface area contributed by atoms with Crippen molar-refractivity contribution in [1.82, 2.24) is 0 Å². The molecule has 0 atom stereocenters. The van der Waals surface area contributed by atoms with Gasteiger partial charge in [0.25, 0.3) is 0 Å². The van der Waals surface area contributed by atoms with Crippen LogP contribution in [0.15, 0.2) is 11.6 Å². The van der Waals surface area contributed by atoms with Crippen molar-refractivity contribution in [2.24, 2.45) is 0 Å². The Morgan fingerprint density at radius 1 is 1.06 bits per heavy atom. The number of allylic oxidation sites excluding steroid dienone is 1. The summed E-state index contributed by atoms with van der Waals surface area (Å²) in [4.78, 5) is 33.3. The number of methoxy groups -OCH3 is 2. The normalized spacial score (nSPS) is 11.2. The largest absolute Gasteiger partial charge is 0.469 e. The number of esters is 2. The minimum Gasteiger partial charge on any atom is -0.469 e. The van der Waals surface area contributed by atoms with Crippen LogP contribution in [0.4, 0.5) is 0 Å². The van der Waals surface area contributed by atoms with Crippen molar-refractivity contribution in [3.63, 3.8) is 0 Å². The van der Waals surface area contributed by atoms with Gasteiger partial charge in [0.15, 0.2) is 5.78 Å². The maximum Gasteiger partial charge on any atom is 0.318 e. The van der Waals surface area contributed by atoms with Crippen LogP contribution in [0.3, 0.4) is 0 Å². The van der Waals surface area contributed by atoms with E-state index < -0.39 is 11.9 Å². The average molecular weight is 227 g/mol. The van der Waals surface area contributed by atoms with Crippen LogP contribution in [-0.2, 0) is 23.9 Å². The molecule has 0 aromatic rings. The Bertz CT molecular complexity index is 316. The smallest absolute Gasteiger partial charge is 0.318 e. The lowest BCUT2D eigenvalue weighted by molar-refractivity contribution is -0.144. The van der Waals surface area contributed by atoms with Gasteiger partial charge in [-0.25, -0.2) is 0 Å². The summed E-state index contributed by atoms with van der Waals surface area (Å²) in [5.74, 6) is -1.27. The van der Waals surface area contributed by atoms with Crippen molar-refractivity contribution in [3.8, 4) is 0 Å². The molecule has 0 bridgehead atoms. The lowest BCUT2D eigenvalue weighted by atomic mass is 9.96. The highest BCUT2D eigenvalue weighted by atomic mass is 16.5. The fraction of sp³-hybridized carbons (Fsp3) is 0.455. The molecule has 0 aliphatic carbocycles. The Morgan fingerprint density at radius 3 is 2.00 bits per heavy atom. The highest BCUT2D eigenvalue weighted by molar-refractivity contribution is 5.97. The Morgan fingerprint density at radius 2 is 1.62 bits per heavy atom. The Kier molecular flexibility index (Phi) is 6.07. The summed E-state index contributed by atoms with van der Waals surface area (Å²) in [6, 6.07) is 0. The van der Waals surface area contributed by atoms with Crippen LogP contribution in [0.1, 0.15) is 20.3 Å². The summed E-state index contributed by atoms with van der Waals surface area (Å²) in [5, 5.41) is 0. The number of carbonyl (C=O) groups is 3. The zero-order valence-electron chi connectivity index (χ0n) is 9.83. The molecule has 0 unspecified atom stereocenters. The van der Waals surface area contributed by atoms with E-state index in [0.29, 0.717) is 5.57 Å². The van der Waals surface area contributed by atoms with Crippen molar-refractivity contribution in [3.05, 3.63) is 17.6 Å². The Labute approximate surface area is 94.4 Å². The molecule has 0 aliphatic rings. The second kappa shape index (κ2) is 6.76. The second-order valence-corrected chi connectivity index (χ2v) is 3.16.